The molecule has 0 spiro atoms. The van der Waals surface area contributed by atoms with E-state index in [4.69, 9.17) is 0 Å². The fourth-order valence-electron chi connectivity index (χ4n) is 2.98. The topological polar surface area (TPSA) is 78.4 Å². The van der Waals surface area contributed by atoms with Gasteiger partial charge in [0.05, 0.1) is 17.8 Å². The zero-order chi connectivity index (χ0) is 20.3. The normalized spacial score (nSPS) is 14.7. The molecule has 0 atom stereocenters. The van der Waals surface area contributed by atoms with Crippen molar-refractivity contribution in [2.24, 2.45) is 0 Å². The summed E-state index contributed by atoms with van der Waals surface area (Å²) in [5.41, 5.74) is -1.18. The molecule has 10 heteroatoms. The number of aromatic nitrogens is 2. The quantitative estimate of drug-likeness (QED) is 0.865. The van der Waals surface area contributed by atoms with Gasteiger partial charge >= 0.3 is 6.18 Å². The molecule has 1 aromatic carbocycles. The van der Waals surface area contributed by atoms with Crippen molar-refractivity contribution in [2.45, 2.75) is 12.6 Å². The fourth-order valence-corrected chi connectivity index (χ4v) is 2.98. The van der Waals surface area contributed by atoms with Crippen LogP contribution >= 0.6 is 0 Å². The first-order chi connectivity index (χ1) is 13.3. The second kappa shape index (κ2) is 7.83. The smallest absolute Gasteiger partial charge is 0.354 e. The molecule has 2 aromatic rings. The number of amides is 2. The average molecular weight is 393 g/mol. The summed E-state index contributed by atoms with van der Waals surface area (Å²) in [4.78, 5) is 27.4. The summed E-state index contributed by atoms with van der Waals surface area (Å²) in [5.74, 6) is -0.625. The molecule has 1 aliphatic heterocycles. The molecule has 2 heterocycles. The number of nitrogens with zero attached hydrogens (tertiary/aromatic N) is 4. The molecule has 0 bridgehead atoms. The number of nitrogens with one attached hydrogen (secondary N) is 1. The molecule has 0 aliphatic carbocycles. The number of carbonyl (C=O) groups is 2. The Morgan fingerprint density at radius 2 is 1.82 bits per heavy atom. The SMILES string of the molecule is CNC(=O)c1ccc(N2CCCN(C(=O)c3ccccc3C(F)(F)F)C2)nn1. The van der Waals surface area contributed by atoms with Gasteiger partial charge in [-0.3, -0.25) is 9.59 Å². The van der Waals surface area contributed by atoms with Crippen molar-refractivity contribution in [1.82, 2.24) is 20.4 Å². The van der Waals surface area contributed by atoms with Gasteiger partial charge in [-0.15, -0.1) is 10.2 Å². The summed E-state index contributed by atoms with van der Waals surface area (Å²) in [6, 6.07) is 7.84. The molecule has 0 saturated carbocycles. The highest BCUT2D eigenvalue weighted by Gasteiger charge is 2.36. The van der Waals surface area contributed by atoms with Crippen LogP contribution in [0, 0.1) is 0 Å². The highest BCUT2D eigenvalue weighted by Crippen LogP contribution is 2.32. The Morgan fingerprint density at radius 1 is 1.07 bits per heavy atom. The van der Waals surface area contributed by atoms with Gasteiger partial charge in [0.25, 0.3) is 11.8 Å². The minimum absolute atomic E-state index is 0.0824. The Balaban J connectivity index is 1.79. The molecule has 7 nitrogen and oxygen atoms in total. The predicted octanol–water partition coefficient (Wildman–Crippen LogP) is 2.17. The van der Waals surface area contributed by atoms with E-state index in [1.807, 2.05) is 0 Å². The monoisotopic (exact) mass is 393 g/mol. The van der Waals surface area contributed by atoms with Gasteiger partial charge in [0.1, 0.15) is 0 Å². The molecule has 1 fully saturated rings. The Morgan fingerprint density at radius 3 is 2.46 bits per heavy atom. The summed E-state index contributed by atoms with van der Waals surface area (Å²) in [7, 11) is 1.48. The van der Waals surface area contributed by atoms with Crippen molar-refractivity contribution < 1.29 is 22.8 Å². The second-order valence-electron chi connectivity index (χ2n) is 6.23. The van der Waals surface area contributed by atoms with E-state index in [-0.39, 0.29) is 23.8 Å². The van der Waals surface area contributed by atoms with Crippen LogP contribution in [0.2, 0.25) is 0 Å². The van der Waals surface area contributed by atoms with Crippen LogP contribution in [-0.4, -0.2) is 53.7 Å². The summed E-state index contributed by atoms with van der Waals surface area (Å²) in [6.45, 7) is 0.989. The van der Waals surface area contributed by atoms with Crippen LogP contribution < -0.4 is 10.2 Å². The van der Waals surface area contributed by atoms with Gasteiger partial charge in [-0.1, -0.05) is 12.1 Å². The van der Waals surface area contributed by atoms with Gasteiger partial charge in [-0.05, 0) is 30.7 Å². The zero-order valence-corrected chi connectivity index (χ0v) is 15.0. The van der Waals surface area contributed by atoms with E-state index >= 15 is 0 Å². The van der Waals surface area contributed by atoms with E-state index in [9.17, 15) is 22.8 Å². The van der Waals surface area contributed by atoms with E-state index in [1.165, 1.54) is 36.2 Å². The second-order valence-corrected chi connectivity index (χ2v) is 6.23. The minimum atomic E-state index is -4.61. The zero-order valence-electron chi connectivity index (χ0n) is 15.0. The molecule has 0 unspecified atom stereocenters. The number of hydrogen-bond donors (Lipinski definition) is 1. The van der Waals surface area contributed by atoms with E-state index < -0.39 is 17.6 Å². The third kappa shape index (κ3) is 4.05. The Bertz CT molecular complexity index is 870. The molecule has 1 aromatic heterocycles. The fraction of sp³-hybridized carbons (Fsp3) is 0.333. The van der Waals surface area contributed by atoms with Gasteiger partial charge < -0.3 is 15.1 Å². The Labute approximate surface area is 159 Å². The van der Waals surface area contributed by atoms with Crippen LogP contribution in [0.5, 0.6) is 0 Å². The van der Waals surface area contributed by atoms with Gasteiger partial charge in [-0.2, -0.15) is 13.2 Å². The number of benzene rings is 1. The molecule has 28 heavy (non-hydrogen) atoms. The maximum Gasteiger partial charge on any atom is 0.417 e. The van der Waals surface area contributed by atoms with Gasteiger partial charge in [0.15, 0.2) is 11.5 Å². The van der Waals surface area contributed by atoms with Gasteiger partial charge in [0, 0.05) is 20.1 Å². The molecule has 3 rings (SSSR count). The number of halogens is 3. The molecule has 0 radical (unpaired) electrons. The Hall–Kier alpha value is -3.17. The van der Waals surface area contributed by atoms with E-state index in [2.05, 4.69) is 15.5 Å². The van der Waals surface area contributed by atoms with Gasteiger partial charge in [0.2, 0.25) is 0 Å². The lowest BCUT2D eigenvalue weighted by molar-refractivity contribution is -0.138. The minimum Gasteiger partial charge on any atom is -0.354 e. The van der Waals surface area contributed by atoms with Crippen molar-refractivity contribution in [2.75, 3.05) is 31.7 Å². The maximum absolute atomic E-state index is 13.2. The van der Waals surface area contributed by atoms with Crippen molar-refractivity contribution in [1.29, 1.82) is 0 Å². The van der Waals surface area contributed by atoms with Crippen LogP contribution in [0.1, 0.15) is 32.8 Å². The molecule has 1 saturated heterocycles. The number of anilines is 1. The first-order valence-corrected chi connectivity index (χ1v) is 8.57. The average Bonchev–Trinajstić information content (AvgIpc) is 2.72. The van der Waals surface area contributed by atoms with Crippen molar-refractivity contribution in [3.05, 3.63) is 53.2 Å². The lowest BCUT2D eigenvalue weighted by Crippen LogP contribution is -2.48. The van der Waals surface area contributed by atoms with Crippen LogP contribution in [0.3, 0.4) is 0 Å². The Kier molecular flexibility index (Phi) is 5.48. The van der Waals surface area contributed by atoms with Crippen molar-refractivity contribution in [3.8, 4) is 0 Å². The number of carbonyl (C=O) groups excluding carboxylic acids is 2. The molecule has 1 N–H and O–H groups in total. The highest BCUT2D eigenvalue weighted by atomic mass is 19.4. The highest BCUT2D eigenvalue weighted by molar-refractivity contribution is 5.96. The van der Waals surface area contributed by atoms with Crippen molar-refractivity contribution >= 4 is 17.6 Å². The number of hydrogen-bond acceptors (Lipinski definition) is 5. The van der Waals surface area contributed by atoms with E-state index in [0.717, 1.165) is 6.07 Å². The van der Waals surface area contributed by atoms with Crippen LogP contribution in [0.15, 0.2) is 36.4 Å². The lowest BCUT2D eigenvalue weighted by atomic mass is 10.1. The third-order valence-electron chi connectivity index (χ3n) is 4.38. The number of alkyl halides is 3. The largest absolute Gasteiger partial charge is 0.417 e. The van der Waals surface area contributed by atoms with Crippen LogP contribution in [-0.2, 0) is 6.18 Å². The standard InChI is InChI=1S/C18H18F3N5O2/c1-22-16(27)14-7-8-15(24-23-14)25-9-4-10-26(11-25)17(28)12-5-2-3-6-13(12)18(19,20)21/h2-3,5-8H,4,9-11H2,1H3,(H,22,27). The number of rotatable bonds is 3. The summed E-state index contributed by atoms with van der Waals surface area (Å²) in [6.07, 6.45) is -4.04. The molecular weight excluding hydrogens is 375 g/mol. The molecule has 2 amide bonds. The molecule has 1 aliphatic rings. The third-order valence-corrected chi connectivity index (χ3v) is 4.38. The summed E-state index contributed by atoms with van der Waals surface area (Å²) < 4.78 is 39.7. The van der Waals surface area contributed by atoms with Crippen LogP contribution in [0.4, 0.5) is 19.0 Å². The predicted molar refractivity (Wildman–Crippen MR) is 94.7 cm³/mol. The maximum atomic E-state index is 13.2. The lowest BCUT2D eigenvalue weighted by Gasteiger charge is -2.36. The molecule has 148 valence electrons. The van der Waals surface area contributed by atoms with E-state index in [1.54, 1.807) is 11.0 Å². The van der Waals surface area contributed by atoms with Crippen molar-refractivity contribution in [3.63, 3.8) is 0 Å². The van der Waals surface area contributed by atoms with Gasteiger partial charge in [-0.25, -0.2) is 0 Å². The summed E-state index contributed by atoms with van der Waals surface area (Å²) >= 11 is 0. The van der Waals surface area contributed by atoms with E-state index in [0.29, 0.717) is 25.3 Å². The first kappa shape index (κ1) is 19.6. The molecular formula is C18H18F3N5O2. The first-order valence-electron chi connectivity index (χ1n) is 8.57. The summed E-state index contributed by atoms with van der Waals surface area (Å²) in [5, 5.41) is 10.3. The van der Waals surface area contributed by atoms with Crippen LogP contribution in [0.25, 0.3) is 0 Å².